The molecule has 1 aliphatic heterocycles. The normalized spacial score (nSPS) is 15.7. The summed E-state index contributed by atoms with van der Waals surface area (Å²) in [4.78, 5) is 18.5. The number of oxazole rings is 1. The number of ether oxygens (including phenoxy) is 1. The van der Waals surface area contributed by atoms with Crippen LogP contribution in [0.15, 0.2) is 45.7 Å². The van der Waals surface area contributed by atoms with Gasteiger partial charge in [0.25, 0.3) is 0 Å². The quantitative estimate of drug-likeness (QED) is 0.521. The van der Waals surface area contributed by atoms with Crippen LogP contribution in [0.2, 0.25) is 0 Å². The highest BCUT2D eigenvalue weighted by Gasteiger charge is 2.29. The summed E-state index contributed by atoms with van der Waals surface area (Å²) in [5.41, 5.74) is 1.54. The molecule has 4 rings (SSSR count). The predicted molar refractivity (Wildman–Crippen MR) is 122 cm³/mol. The Morgan fingerprint density at radius 3 is 2.45 bits per heavy atom. The number of hydrogen-bond donors (Lipinski definition) is 0. The van der Waals surface area contributed by atoms with Gasteiger partial charge in [-0.15, -0.1) is 0 Å². The molecule has 1 saturated heterocycles. The van der Waals surface area contributed by atoms with E-state index in [0.29, 0.717) is 54.0 Å². The molecule has 7 nitrogen and oxygen atoms in total. The minimum Gasteiger partial charge on any atom is -0.444 e. The Morgan fingerprint density at radius 2 is 1.85 bits per heavy atom. The van der Waals surface area contributed by atoms with Crippen LogP contribution in [0.4, 0.5) is 9.18 Å². The maximum absolute atomic E-state index is 14.6. The molecule has 1 aliphatic rings. The largest absolute Gasteiger partial charge is 0.444 e. The fourth-order valence-electron chi connectivity index (χ4n) is 3.88. The molecule has 1 fully saturated rings. The van der Waals surface area contributed by atoms with Crippen LogP contribution in [-0.4, -0.2) is 49.3 Å². The van der Waals surface area contributed by atoms with Crippen molar-refractivity contribution in [1.82, 2.24) is 9.88 Å². The fourth-order valence-corrected chi connectivity index (χ4v) is 4.52. The maximum Gasteiger partial charge on any atom is 0.410 e. The fraction of sp³-hybridized carbons (Fsp3) is 0.417. The molecule has 0 radical (unpaired) electrons. The molecule has 3 aromatic rings. The average molecular weight is 475 g/mol. The van der Waals surface area contributed by atoms with Crippen molar-refractivity contribution in [1.29, 1.82) is 0 Å². The third kappa shape index (κ3) is 5.19. The monoisotopic (exact) mass is 474 g/mol. The lowest BCUT2D eigenvalue weighted by atomic mass is 9.97. The summed E-state index contributed by atoms with van der Waals surface area (Å²) in [5, 5.41) is 0. The molecule has 0 atom stereocenters. The van der Waals surface area contributed by atoms with Gasteiger partial charge >= 0.3 is 6.09 Å². The second kappa shape index (κ2) is 8.44. The van der Waals surface area contributed by atoms with Gasteiger partial charge in [0.1, 0.15) is 16.9 Å². The Balaban J connectivity index is 1.51. The van der Waals surface area contributed by atoms with Crippen molar-refractivity contribution in [2.45, 2.75) is 50.0 Å². The molecule has 2 aromatic carbocycles. The van der Waals surface area contributed by atoms with E-state index in [9.17, 15) is 17.6 Å². The van der Waals surface area contributed by atoms with E-state index in [-0.39, 0.29) is 16.9 Å². The van der Waals surface area contributed by atoms with E-state index < -0.39 is 21.3 Å². The molecular weight excluding hydrogens is 447 g/mol. The van der Waals surface area contributed by atoms with E-state index in [0.717, 1.165) is 12.3 Å². The van der Waals surface area contributed by atoms with Gasteiger partial charge in [-0.2, -0.15) is 0 Å². The first-order valence-electron chi connectivity index (χ1n) is 10.8. The predicted octanol–water partition coefficient (Wildman–Crippen LogP) is 5.15. The van der Waals surface area contributed by atoms with Crippen LogP contribution in [0.5, 0.6) is 0 Å². The van der Waals surface area contributed by atoms with Crippen LogP contribution in [0.25, 0.3) is 22.2 Å². The molecule has 33 heavy (non-hydrogen) atoms. The molecule has 0 spiro atoms. The van der Waals surface area contributed by atoms with Crippen molar-refractivity contribution in [2.75, 3.05) is 19.3 Å². The van der Waals surface area contributed by atoms with Crippen LogP contribution < -0.4 is 0 Å². The van der Waals surface area contributed by atoms with Crippen LogP contribution in [0.3, 0.4) is 0 Å². The van der Waals surface area contributed by atoms with E-state index in [1.807, 2.05) is 20.8 Å². The topological polar surface area (TPSA) is 89.7 Å². The highest BCUT2D eigenvalue weighted by molar-refractivity contribution is 7.90. The average Bonchev–Trinajstić information content (AvgIpc) is 3.15. The highest BCUT2D eigenvalue weighted by Crippen LogP contribution is 2.33. The van der Waals surface area contributed by atoms with Gasteiger partial charge in [-0.05, 0) is 63.4 Å². The first-order valence-corrected chi connectivity index (χ1v) is 12.7. The van der Waals surface area contributed by atoms with Crippen molar-refractivity contribution >= 4 is 27.0 Å². The summed E-state index contributed by atoms with van der Waals surface area (Å²) in [5.74, 6) is 0.0553. The van der Waals surface area contributed by atoms with Crippen molar-refractivity contribution in [2.24, 2.45) is 0 Å². The van der Waals surface area contributed by atoms with Gasteiger partial charge in [0.2, 0.25) is 0 Å². The van der Waals surface area contributed by atoms with Crippen LogP contribution in [-0.2, 0) is 14.6 Å². The van der Waals surface area contributed by atoms with Crippen LogP contribution in [0, 0.1) is 5.82 Å². The number of piperidine rings is 1. The minimum absolute atomic E-state index is 0.0636. The maximum atomic E-state index is 14.6. The van der Waals surface area contributed by atoms with Gasteiger partial charge in [0, 0.05) is 30.8 Å². The number of nitrogens with zero attached hydrogens (tertiary/aromatic N) is 2. The Labute approximate surface area is 192 Å². The number of carbonyl (C=O) groups excluding carboxylic acids is 1. The second-order valence-corrected chi connectivity index (χ2v) is 11.4. The number of benzene rings is 2. The summed E-state index contributed by atoms with van der Waals surface area (Å²) < 4.78 is 49.3. The Hall–Kier alpha value is -2.94. The van der Waals surface area contributed by atoms with Gasteiger partial charge in [-0.25, -0.2) is 22.6 Å². The molecule has 0 saturated carbocycles. The molecule has 1 aromatic heterocycles. The van der Waals surface area contributed by atoms with Gasteiger partial charge in [-0.1, -0.05) is 12.1 Å². The molecule has 0 bridgehead atoms. The summed E-state index contributed by atoms with van der Waals surface area (Å²) >= 11 is 0. The lowest BCUT2D eigenvalue weighted by Crippen LogP contribution is -2.41. The van der Waals surface area contributed by atoms with E-state index in [4.69, 9.17) is 9.15 Å². The third-order valence-electron chi connectivity index (χ3n) is 5.58. The molecule has 1 amide bonds. The number of aromatic nitrogens is 1. The number of likely N-dealkylation sites (tertiary alicyclic amines) is 1. The number of amides is 1. The Kier molecular flexibility index (Phi) is 5.94. The number of carbonyl (C=O) groups is 1. The van der Waals surface area contributed by atoms with Crippen molar-refractivity contribution in [3.05, 3.63) is 48.1 Å². The molecule has 0 unspecified atom stereocenters. The summed E-state index contributed by atoms with van der Waals surface area (Å²) in [6.45, 7) is 6.64. The van der Waals surface area contributed by atoms with E-state index in [1.54, 1.807) is 23.1 Å². The number of rotatable bonds is 3. The van der Waals surface area contributed by atoms with Crippen molar-refractivity contribution in [3.8, 4) is 11.1 Å². The summed E-state index contributed by atoms with van der Waals surface area (Å²) in [6.07, 6.45) is 2.15. The SMILES string of the molecule is CC(C)(C)OC(=O)N1CCC(c2nc3cc(-c4ccc(S(C)(=O)=O)cc4F)ccc3o2)CC1. The lowest BCUT2D eigenvalue weighted by Gasteiger charge is -2.32. The first kappa shape index (κ1) is 23.2. The van der Waals surface area contributed by atoms with Gasteiger partial charge in [0.15, 0.2) is 21.3 Å². The van der Waals surface area contributed by atoms with E-state index in [1.165, 1.54) is 12.1 Å². The number of hydrogen-bond acceptors (Lipinski definition) is 6. The number of sulfone groups is 1. The van der Waals surface area contributed by atoms with Gasteiger partial charge < -0.3 is 14.1 Å². The Bertz CT molecular complexity index is 1300. The smallest absolute Gasteiger partial charge is 0.410 e. The highest BCUT2D eigenvalue weighted by atomic mass is 32.2. The zero-order valence-corrected chi connectivity index (χ0v) is 19.9. The number of halogens is 1. The van der Waals surface area contributed by atoms with Crippen molar-refractivity contribution < 1.29 is 26.8 Å². The standard InChI is InChI=1S/C24H27FN2O5S/c1-24(2,3)32-23(28)27-11-9-15(10-12-27)22-26-20-13-16(5-8-21(20)31-22)18-7-6-17(14-19(18)25)33(4,29)30/h5-8,13-15H,9-12H2,1-4H3. The van der Waals surface area contributed by atoms with Gasteiger partial charge in [-0.3, -0.25) is 0 Å². The molecule has 2 heterocycles. The number of fused-ring (bicyclic) bond motifs is 1. The minimum atomic E-state index is -3.49. The van der Waals surface area contributed by atoms with Crippen LogP contribution in [0.1, 0.15) is 45.4 Å². The van der Waals surface area contributed by atoms with E-state index >= 15 is 0 Å². The molecule has 0 aliphatic carbocycles. The lowest BCUT2D eigenvalue weighted by molar-refractivity contribution is 0.0199. The van der Waals surface area contributed by atoms with E-state index in [2.05, 4.69) is 4.98 Å². The second-order valence-electron chi connectivity index (χ2n) is 9.39. The third-order valence-corrected chi connectivity index (χ3v) is 6.69. The zero-order chi connectivity index (χ0) is 24.0. The summed E-state index contributed by atoms with van der Waals surface area (Å²) in [7, 11) is -3.49. The van der Waals surface area contributed by atoms with Gasteiger partial charge in [0.05, 0.1) is 4.90 Å². The van der Waals surface area contributed by atoms with Crippen molar-refractivity contribution in [3.63, 3.8) is 0 Å². The first-order chi connectivity index (χ1) is 15.4. The molecular formula is C24H27FN2O5S. The molecule has 176 valence electrons. The van der Waals surface area contributed by atoms with Crippen LogP contribution >= 0.6 is 0 Å². The Morgan fingerprint density at radius 1 is 1.15 bits per heavy atom. The summed E-state index contributed by atoms with van der Waals surface area (Å²) in [6, 6.07) is 9.07. The molecule has 0 N–H and O–H groups in total. The molecule has 9 heteroatoms. The zero-order valence-electron chi connectivity index (χ0n) is 19.1.